The maximum absolute atomic E-state index is 5.26. The Bertz CT molecular complexity index is 99.4. The Kier molecular flexibility index (Phi) is 11.5. The third kappa shape index (κ3) is 10.8. The van der Waals surface area contributed by atoms with E-state index in [2.05, 4.69) is 11.0 Å². The smallest absolute Gasteiger partial charge is 0.119 e. The van der Waals surface area contributed by atoms with Gasteiger partial charge in [-0.3, -0.25) is 9.68 Å². The summed E-state index contributed by atoms with van der Waals surface area (Å²) in [4.78, 5) is 10.1. The summed E-state index contributed by atoms with van der Waals surface area (Å²) in [6.45, 7) is 4.62. The zero-order valence-electron chi connectivity index (χ0n) is 10.5. The summed E-state index contributed by atoms with van der Waals surface area (Å²) in [5.41, 5.74) is 5.33. The van der Waals surface area contributed by atoms with Crippen LogP contribution < -0.4 is 11.0 Å². The maximum Gasteiger partial charge on any atom is 0.119 e. The second kappa shape index (κ2) is 13.1. The van der Waals surface area contributed by atoms with Gasteiger partial charge in [-0.25, -0.2) is 0 Å². The molecule has 0 bridgehead atoms. The Morgan fingerprint density at radius 1 is 0.444 bits per heavy atom. The first-order valence-electron chi connectivity index (χ1n) is 6.00. The van der Waals surface area contributed by atoms with Crippen molar-refractivity contribution in [2.75, 3.05) is 66.3 Å². The molecule has 8 heteroatoms. The van der Waals surface area contributed by atoms with Crippen LogP contribution in [-0.2, 0) is 28.6 Å². The molecule has 108 valence electrons. The summed E-state index contributed by atoms with van der Waals surface area (Å²) in [6, 6.07) is 0. The molecule has 18 heavy (non-hydrogen) atoms. The SMILES string of the molecule is C1COCNOCCOCCOCNOCCO1. The molecule has 0 aromatic rings. The molecule has 1 aliphatic heterocycles. The van der Waals surface area contributed by atoms with E-state index in [4.69, 9.17) is 28.6 Å². The van der Waals surface area contributed by atoms with Crippen LogP contribution in [0.15, 0.2) is 0 Å². The molecular formula is C10H22N2O6. The summed E-state index contributed by atoms with van der Waals surface area (Å²) >= 11 is 0. The van der Waals surface area contributed by atoms with Crippen LogP contribution in [0.3, 0.4) is 0 Å². The highest BCUT2D eigenvalue weighted by atomic mass is 16.7. The lowest BCUT2D eigenvalue weighted by Crippen LogP contribution is -2.25. The minimum Gasteiger partial charge on any atom is -0.377 e. The van der Waals surface area contributed by atoms with Gasteiger partial charge in [-0.05, 0) is 0 Å². The van der Waals surface area contributed by atoms with E-state index >= 15 is 0 Å². The van der Waals surface area contributed by atoms with Crippen LogP contribution in [0.2, 0.25) is 0 Å². The summed E-state index contributed by atoms with van der Waals surface area (Å²) in [7, 11) is 0. The highest BCUT2D eigenvalue weighted by Gasteiger charge is 1.94. The quantitative estimate of drug-likeness (QED) is 0.579. The zero-order chi connectivity index (χ0) is 12.7. The lowest BCUT2D eigenvalue weighted by Gasteiger charge is -2.10. The van der Waals surface area contributed by atoms with Crippen molar-refractivity contribution >= 4 is 0 Å². The number of rotatable bonds is 0. The van der Waals surface area contributed by atoms with Gasteiger partial charge in [0.15, 0.2) is 0 Å². The fourth-order valence-corrected chi connectivity index (χ4v) is 1.10. The monoisotopic (exact) mass is 266 g/mol. The van der Waals surface area contributed by atoms with E-state index in [1.807, 2.05) is 0 Å². The molecule has 1 heterocycles. The molecule has 1 saturated heterocycles. The summed E-state index contributed by atoms with van der Waals surface area (Å²) in [5.74, 6) is 0. The molecule has 1 aliphatic rings. The summed E-state index contributed by atoms with van der Waals surface area (Å²) in [5, 5.41) is 0. The van der Waals surface area contributed by atoms with Crippen LogP contribution in [0.4, 0.5) is 0 Å². The van der Waals surface area contributed by atoms with Crippen LogP contribution in [0.25, 0.3) is 0 Å². The molecule has 0 amide bonds. The Morgan fingerprint density at radius 3 is 1.33 bits per heavy atom. The van der Waals surface area contributed by atoms with Crippen molar-refractivity contribution in [3.8, 4) is 0 Å². The molecule has 1 rings (SSSR count). The van der Waals surface area contributed by atoms with Crippen molar-refractivity contribution < 1.29 is 28.6 Å². The predicted octanol–water partition coefficient (Wildman–Crippen LogP) is -0.976. The number of hydroxylamine groups is 2. The Morgan fingerprint density at radius 2 is 0.833 bits per heavy atom. The third-order valence-corrected chi connectivity index (χ3v) is 1.93. The van der Waals surface area contributed by atoms with E-state index in [1.165, 1.54) is 0 Å². The van der Waals surface area contributed by atoms with Gasteiger partial charge in [-0.1, -0.05) is 0 Å². The van der Waals surface area contributed by atoms with Crippen molar-refractivity contribution in [2.24, 2.45) is 0 Å². The van der Waals surface area contributed by atoms with E-state index in [0.717, 1.165) is 0 Å². The zero-order valence-corrected chi connectivity index (χ0v) is 10.5. The van der Waals surface area contributed by atoms with Gasteiger partial charge in [-0.2, -0.15) is 11.0 Å². The lowest BCUT2D eigenvalue weighted by molar-refractivity contribution is -0.0862. The molecule has 0 spiro atoms. The van der Waals surface area contributed by atoms with Gasteiger partial charge >= 0.3 is 0 Å². The first-order chi connectivity index (χ1) is 9.00. The number of hydrogen-bond acceptors (Lipinski definition) is 8. The van der Waals surface area contributed by atoms with Gasteiger partial charge in [0.05, 0.1) is 52.9 Å². The van der Waals surface area contributed by atoms with Gasteiger partial charge in [0.2, 0.25) is 0 Å². The van der Waals surface area contributed by atoms with Crippen molar-refractivity contribution in [1.29, 1.82) is 0 Å². The highest BCUT2D eigenvalue weighted by Crippen LogP contribution is 1.82. The van der Waals surface area contributed by atoms with Crippen LogP contribution in [-0.4, -0.2) is 66.3 Å². The Balaban J connectivity index is 2.00. The molecule has 2 N–H and O–H groups in total. The fraction of sp³-hybridized carbons (Fsp3) is 1.00. The number of nitrogens with one attached hydrogen (secondary N) is 2. The average Bonchev–Trinajstić information content (AvgIpc) is 2.39. The fourth-order valence-electron chi connectivity index (χ4n) is 1.10. The van der Waals surface area contributed by atoms with E-state index in [0.29, 0.717) is 66.3 Å². The molecule has 0 aliphatic carbocycles. The average molecular weight is 266 g/mol. The normalized spacial score (nSPS) is 24.0. The van der Waals surface area contributed by atoms with Crippen LogP contribution in [0.5, 0.6) is 0 Å². The number of hydrogen-bond donors (Lipinski definition) is 2. The Labute approximate surface area is 107 Å². The first kappa shape index (κ1) is 15.7. The van der Waals surface area contributed by atoms with E-state index in [9.17, 15) is 0 Å². The predicted molar refractivity (Wildman–Crippen MR) is 61.5 cm³/mol. The number of ether oxygens (including phenoxy) is 4. The van der Waals surface area contributed by atoms with Crippen LogP contribution in [0.1, 0.15) is 0 Å². The standard InChI is InChI=1S/C10H22N2O6/c1-3-15-9-11-18-8-6-14-2-4-16-10-12-17-7-5-13-1/h11-12H,1-10H2. The third-order valence-electron chi connectivity index (χ3n) is 1.93. The summed E-state index contributed by atoms with van der Waals surface area (Å²) < 4.78 is 20.9. The molecule has 0 unspecified atom stereocenters. The molecule has 0 aromatic heterocycles. The van der Waals surface area contributed by atoms with Crippen molar-refractivity contribution in [3.05, 3.63) is 0 Å². The highest BCUT2D eigenvalue weighted by molar-refractivity contribution is 4.33. The van der Waals surface area contributed by atoms with Gasteiger partial charge in [-0.15, -0.1) is 0 Å². The minimum atomic E-state index is 0.324. The second-order valence-corrected chi connectivity index (χ2v) is 3.32. The Hall–Kier alpha value is -0.320. The molecule has 0 aromatic carbocycles. The first-order valence-corrected chi connectivity index (χ1v) is 6.00. The molecule has 1 fully saturated rings. The molecule has 0 radical (unpaired) electrons. The largest absolute Gasteiger partial charge is 0.377 e. The van der Waals surface area contributed by atoms with Crippen molar-refractivity contribution in [3.63, 3.8) is 0 Å². The lowest BCUT2D eigenvalue weighted by atomic mass is 10.7. The molecule has 0 atom stereocenters. The van der Waals surface area contributed by atoms with Gasteiger partial charge in [0.25, 0.3) is 0 Å². The van der Waals surface area contributed by atoms with Gasteiger partial charge in [0.1, 0.15) is 13.5 Å². The van der Waals surface area contributed by atoms with Gasteiger partial charge in [0, 0.05) is 0 Å². The molecule has 0 saturated carbocycles. The van der Waals surface area contributed by atoms with E-state index < -0.39 is 0 Å². The minimum absolute atomic E-state index is 0.324. The molecular weight excluding hydrogens is 244 g/mol. The molecule has 8 nitrogen and oxygen atoms in total. The topological polar surface area (TPSA) is 79.4 Å². The van der Waals surface area contributed by atoms with Crippen molar-refractivity contribution in [2.45, 2.75) is 0 Å². The van der Waals surface area contributed by atoms with Crippen LogP contribution >= 0.6 is 0 Å². The van der Waals surface area contributed by atoms with E-state index in [-0.39, 0.29) is 0 Å². The maximum atomic E-state index is 5.26. The van der Waals surface area contributed by atoms with Gasteiger partial charge < -0.3 is 18.9 Å². The second-order valence-electron chi connectivity index (χ2n) is 3.32. The van der Waals surface area contributed by atoms with E-state index in [1.54, 1.807) is 0 Å². The van der Waals surface area contributed by atoms with Crippen molar-refractivity contribution in [1.82, 2.24) is 11.0 Å². The summed E-state index contributed by atoms with van der Waals surface area (Å²) in [6.07, 6.45) is 0. The van der Waals surface area contributed by atoms with Crippen LogP contribution in [0, 0.1) is 0 Å².